The van der Waals surface area contributed by atoms with Gasteiger partial charge in [0.1, 0.15) is 0 Å². The van der Waals surface area contributed by atoms with E-state index >= 15 is 0 Å². The maximum atomic E-state index is 11.7. The summed E-state index contributed by atoms with van der Waals surface area (Å²) in [6.07, 6.45) is 0. The standard InChI is InChI=1S/C38H24N6O8/c39-37-29-3-1-2-4-30(29)38(40)36-34(24-11-19-28(20-12-24)44(51)52)32(22-7-15-26(16-8-22)42(47)48)31(21-5-13-25(14-6-21)41(45)46)33(35(36)37)23-9-17-27(18-10-23)43(49)50/h1-20H,39-40H2. The van der Waals surface area contributed by atoms with Gasteiger partial charge in [-0.05, 0) is 81.9 Å². The third-order valence-corrected chi connectivity index (χ3v) is 9.01. The third kappa shape index (κ3) is 5.42. The molecule has 7 aromatic carbocycles. The predicted octanol–water partition coefficient (Wildman–Crippen LogP) is 9.46. The molecule has 0 aromatic heterocycles. The molecule has 0 unspecified atom stereocenters. The van der Waals surface area contributed by atoms with E-state index in [1.807, 2.05) is 0 Å². The highest BCUT2D eigenvalue weighted by Crippen LogP contribution is 2.55. The molecule has 0 aliphatic heterocycles. The second-order valence-corrected chi connectivity index (χ2v) is 11.8. The van der Waals surface area contributed by atoms with Gasteiger partial charge >= 0.3 is 0 Å². The van der Waals surface area contributed by atoms with Crippen molar-refractivity contribution in [3.05, 3.63) is 162 Å². The maximum Gasteiger partial charge on any atom is 0.269 e. The SMILES string of the molecule is Nc1c2ccccc2c(N)c2c(-c3ccc([N+](=O)[O-])cc3)c(-c3ccc([N+](=O)[O-])cc3)c(-c3ccc([N+](=O)[O-])cc3)c(-c3ccc([N+](=O)[O-])cc3)c12. The Morgan fingerprint density at radius 3 is 0.808 bits per heavy atom. The summed E-state index contributed by atoms with van der Waals surface area (Å²) >= 11 is 0. The quantitative estimate of drug-likeness (QED) is 0.0504. The van der Waals surface area contributed by atoms with Crippen molar-refractivity contribution in [2.75, 3.05) is 11.5 Å². The first-order valence-corrected chi connectivity index (χ1v) is 15.5. The molecule has 0 heterocycles. The Morgan fingerprint density at radius 2 is 0.577 bits per heavy atom. The molecule has 52 heavy (non-hydrogen) atoms. The summed E-state index contributed by atoms with van der Waals surface area (Å²) in [6, 6.07) is 30.4. The van der Waals surface area contributed by atoms with Gasteiger partial charge in [-0.2, -0.15) is 0 Å². The highest BCUT2D eigenvalue weighted by Gasteiger charge is 2.29. The number of hydrogen-bond donors (Lipinski definition) is 2. The first-order chi connectivity index (χ1) is 25.0. The lowest BCUT2D eigenvalue weighted by atomic mass is 9.77. The van der Waals surface area contributed by atoms with E-state index < -0.39 is 19.7 Å². The molecule has 4 N–H and O–H groups in total. The molecular weight excluding hydrogens is 668 g/mol. The first kappa shape index (κ1) is 32.8. The van der Waals surface area contributed by atoms with Crippen LogP contribution in [0.4, 0.5) is 34.1 Å². The van der Waals surface area contributed by atoms with E-state index in [1.54, 1.807) is 72.8 Å². The Bertz CT molecular complexity index is 2440. The highest BCUT2D eigenvalue weighted by molar-refractivity contribution is 6.30. The number of nitro benzene ring substituents is 4. The average molecular weight is 693 g/mol. The van der Waals surface area contributed by atoms with Gasteiger partial charge < -0.3 is 11.5 Å². The molecule has 254 valence electrons. The molecule has 0 radical (unpaired) electrons. The average Bonchev–Trinajstić information content (AvgIpc) is 3.16. The lowest BCUT2D eigenvalue weighted by Crippen LogP contribution is -2.04. The van der Waals surface area contributed by atoms with Crippen LogP contribution in [0.1, 0.15) is 0 Å². The van der Waals surface area contributed by atoms with Crippen molar-refractivity contribution in [1.82, 2.24) is 0 Å². The third-order valence-electron chi connectivity index (χ3n) is 9.01. The summed E-state index contributed by atoms with van der Waals surface area (Å²) < 4.78 is 0. The molecule has 0 bridgehead atoms. The summed E-state index contributed by atoms with van der Waals surface area (Å²) in [7, 11) is 0. The van der Waals surface area contributed by atoms with Gasteiger partial charge in [-0.1, -0.05) is 24.3 Å². The lowest BCUT2D eigenvalue weighted by molar-refractivity contribution is -0.385. The number of non-ortho nitro benzene ring substituents is 4. The van der Waals surface area contributed by atoms with Crippen molar-refractivity contribution in [2.45, 2.75) is 0 Å². The Hall–Kier alpha value is -7.74. The van der Waals surface area contributed by atoms with Gasteiger partial charge in [-0.25, -0.2) is 0 Å². The fourth-order valence-electron chi connectivity index (χ4n) is 6.66. The van der Waals surface area contributed by atoms with Crippen LogP contribution in [0.5, 0.6) is 0 Å². The topological polar surface area (TPSA) is 225 Å². The van der Waals surface area contributed by atoms with Crippen LogP contribution in [0.15, 0.2) is 121 Å². The number of nitrogens with two attached hydrogens (primary N) is 2. The molecule has 7 rings (SSSR count). The number of rotatable bonds is 8. The van der Waals surface area contributed by atoms with Crippen LogP contribution in [0.2, 0.25) is 0 Å². The maximum absolute atomic E-state index is 11.7. The smallest absolute Gasteiger partial charge is 0.269 e. The van der Waals surface area contributed by atoms with Gasteiger partial charge in [0.2, 0.25) is 0 Å². The summed E-state index contributed by atoms with van der Waals surface area (Å²) in [5.41, 5.74) is 17.9. The Balaban J connectivity index is 1.78. The number of hydrogen-bond acceptors (Lipinski definition) is 10. The number of nitrogen functional groups attached to an aromatic ring is 2. The summed E-state index contributed by atoms with van der Waals surface area (Å²) in [4.78, 5) is 44.7. The molecule has 0 aliphatic carbocycles. The Kier molecular flexibility index (Phi) is 7.95. The van der Waals surface area contributed by atoms with E-state index in [0.717, 1.165) is 0 Å². The minimum Gasteiger partial charge on any atom is -0.398 e. The number of fused-ring (bicyclic) bond motifs is 2. The molecule has 14 nitrogen and oxygen atoms in total. The Labute approximate surface area is 292 Å². The van der Waals surface area contributed by atoms with Crippen LogP contribution in [-0.2, 0) is 0 Å². The second-order valence-electron chi connectivity index (χ2n) is 11.8. The fraction of sp³-hybridized carbons (Fsp3) is 0. The van der Waals surface area contributed by atoms with Crippen LogP contribution in [0.25, 0.3) is 66.1 Å². The molecule has 0 aliphatic rings. The van der Waals surface area contributed by atoms with Crippen molar-refractivity contribution in [1.29, 1.82) is 0 Å². The summed E-state index contributed by atoms with van der Waals surface area (Å²) in [5, 5.41) is 48.9. The van der Waals surface area contributed by atoms with E-state index in [2.05, 4.69) is 0 Å². The van der Waals surface area contributed by atoms with Crippen molar-refractivity contribution in [2.24, 2.45) is 0 Å². The molecule has 0 saturated carbocycles. The minimum absolute atomic E-state index is 0.166. The van der Waals surface area contributed by atoms with Crippen molar-refractivity contribution >= 4 is 55.7 Å². The van der Waals surface area contributed by atoms with Crippen molar-refractivity contribution in [3.8, 4) is 44.5 Å². The van der Waals surface area contributed by atoms with Gasteiger partial charge in [0, 0.05) is 92.6 Å². The zero-order valence-corrected chi connectivity index (χ0v) is 26.8. The molecule has 0 saturated heterocycles. The second kappa shape index (κ2) is 12.6. The van der Waals surface area contributed by atoms with Crippen molar-refractivity contribution in [3.63, 3.8) is 0 Å². The number of nitro groups is 4. The van der Waals surface area contributed by atoms with E-state index in [1.165, 1.54) is 48.5 Å². The van der Waals surface area contributed by atoms with Gasteiger partial charge in [0.15, 0.2) is 0 Å². The number of anilines is 2. The highest BCUT2D eigenvalue weighted by atomic mass is 16.6. The number of nitrogens with zero attached hydrogens (tertiary/aromatic N) is 4. The fourth-order valence-corrected chi connectivity index (χ4v) is 6.66. The van der Waals surface area contributed by atoms with E-state index in [9.17, 15) is 40.5 Å². The largest absolute Gasteiger partial charge is 0.398 e. The summed E-state index contributed by atoms with van der Waals surface area (Å²) in [6.45, 7) is 0. The monoisotopic (exact) mass is 692 g/mol. The molecule has 7 aromatic rings. The summed E-state index contributed by atoms with van der Waals surface area (Å²) in [5.74, 6) is 0. The van der Waals surface area contributed by atoms with E-state index in [4.69, 9.17) is 11.5 Å². The predicted molar refractivity (Wildman–Crippen MR) is 199 cm³/mol. The van der Waals surface area contributed by atoms with E-state index in [-0.39, 0.29) is 22.7 Å². The minimum atomic E-state index is -0.536. The normalized spacial score (nSPS) is 11.1. The molecule has 0 spiro atoms. The molecule has 0 atom stereocenters. The van der Waals surface area contributed by atoms with Crippen LogP contribution in [0, 0.1) is 40.5 Å². The Morgan fingerprint density at radius 1 is 0.346 bits per heavy atom. The zero-order chi connectivity index (χ0) is 36.8. The molecule has 14 heteroatoms. The van der Waals surface area contributed by atoms with Gasteiger partial charge in [-0.15, -0.1) is 0 Å². The van der Waals surface area contributed by atoms with Crippen LogP contribution < -0.4 is 11.5 Å². The van der Waals surface area contributed by atoms with Crippen LogP contribution >= 0.6 is 0 Å². The molecule has 0 fully saturated rings. The van der Waals surface area contributed by atoms with Gasteiger partial charge in [-0.3, -0.25) is 40.5 Å². The molecule has 0 amide bonds. The lowest BCUT2D eigenvalue weighted by Gasteiger charge is -2.26. The van der Waals surface area contributed by atoms with Gasteiger partial charge in [0.25, 0.3) is 22.7 Å². The van der Waals surface area contributed by atoms with Crippen LogP contribution in [-0.4, -0.2) is 19.7 Å². The van der Waals surface area contributed by atoms with Crippen LogP contribution in [0.3, 0.4) is 0 Å². The number of benzene rings is 7. The van der Waals surface area contributed by atoms with Crippen molar-refractivity contribution < 1.29 is 19.7 Å². The van der Waals surface area contributed by atoms with Gasteiger partial charge in [0.05, 0.1) is 19.7 Å². The molecular formula is C38H24N6O8. The first-order valence-electron chi connectivity index (χ1n) is 15.5. The zero-order valence-electron chi connectivity index (χ0n) is 26.8. The van der Waals surface area contributed by atoms with E-state index in [0.29, 0.717) is 77.4 Å².